The lowest BCUT2D eigenvalue weighted by molar-refractivity contribution is -0.187. The SMILES string of the molecule is CO[C@]1(C)OC(=O)C=C1[C@@H]1CC[C@@](C)(Cl)[C@H](Br)C1. The van der Waals surface area contributed by atoms with Crippen LogP contribution in [0.25, 0.3) is 0 Å². The van der Waals surface area contributed by atoms with Crippen molar-refractivity contribution in [3.63, 3.8) is 0 Å². The number of ether oxygens (including phenoxy) is 2. The molecule has 0 spiro atoms. The van der Waals surface area contributed by atoms with Crippen molar-refractivity contribution in [1.82, 2.24) is 0 Å². The molecule has 0 N–H and O–H groups in total. The van der Waals surface area contributed by atoms with Crippen LogP contribution in [0.5, 0.6) is 0 Å². The van der Waals surface area contributed by atoms with Crippen molar-refractivity contribution in [1.29, 1.82) is 0 Å². The Morgan fingerprint density at radius 3 is 2.78 bits per heavy atom. The van der Waals surface area contributed by atoms with Gasteiger partial charge in [0.1, 0.15) is 0 Å². The van der Waals surface area contributed by atoms with Gasteiger partial charge in [-0.3, -0.25) is 0 Å². The van der Waals surface area contributed by atoms with E-state index in [2.05, 4.69) is 15.9 Å². The Labute approximate surface area is 121 Å². The molecule has 1 heterocycles. The second-order valence-electron chi connectivity index (χ2n) is 5.39. The number of alkyl halides is 2. The first-order chi connectivity index (χ1) is 8.28. The number of rotatable bonds is 2. The molecule has 0 aromatic heterocycles. The molecule has 0 saturated heterocycles. The van der Waals surface area contributed by atoms with Gasteiger partial charge < -0.3 is 9.47 Å². The molecule has 2 rings (SSSR count). The van der Waals surface area contributed by atoms with E-state index in [0.717, 1.165) is 24.8 Å². The van der Waals surface area contributed by atoms with Crippen LogP contribution in [0.2, 0.25) is 0 Å². The molecule has 0 aromatic carbocycles. The van der Waals surface area contributed by atoms with Gasteiger partial charge in [0.2, 0.25) is 5.79 Å². The highest BCUT2D eigenvalue weighted by atomic mass is 79.9. The van der Waals surface area contributed by atoms with Gasteiger partial charge in [-0.05, 0) is 32.1 Å². The van der Waals surface area contributed by atoms with Gasteiger partial charge in [0, 0.05) is 30.5 Å². The summed E-state index contributed by atoms with van der Waals surface area (Å²) in [6.07, 6.45) is 4.32. The molecule has 102 valence electrons. The fourth-order valence-corrected chi connectivity index (χ4v) is 3.57. The zero-order valence-electron chi connectivity index (χ0n) is 10.8. The fourth-order valence-electron chi connectivity index (χ4n) is 2.70. The standard InChI is InChI=1S/C13H18BrClO3/c1-12(15)5-4-8(6-10(12)14)9-7-11(16)18-13(9,2)17-3/h7-8,10H,4-6H2,1-3H3/t8-,10-,12-,13-/m1/s1. The molecule has 4 atom stereocenters. The lowest BCUT2D eigenvalue weighted by atomic mass is 9.76. The van der Waals surface area contributed by atoms with Gasteiger partial charge in [0.05, 0.1) is 4.87 Å². The summed E-state index contributed by atoms with van der Waals surface area (Å²) < 4.78 is 10.6. The summed E-state index contributed by atoms with van der Waals surface area (Å²) >= 11 is 10.1. The Bertz CT molecular complexity index is 394. The van der Waals surface area contributed by atoms with Gasteiger partial charge in [-0.1, -0.05) is 15.9 Å². The van der Waals surface area contributed by atoms with Crippen LogP contribution in [0.4, 0.5) is 0 Å². The molecule has 1 fully saturated rings. The number of cyclic esters (lactones) is 1. The molecule has 0 bridgehead atoms. The Hall–Kier alpha value is -0.0600. The quantitative estimate of drug-likeness (QED) is 0.572. The van der Waals surface area contributed by atoms with Gasteiger partial charge in [0.15, 0.2) is 0 Å². The van der Waals surface area contributed by atoms with Gasteiger partial charge in [-0.2, -0.15) is 0 Å². The summed E-state index contributed by atoms with van der Waals surface area (Å²) in [6.45, 7) is 3.84. The summed E-state index contributed by atoms with van der Waals surface area (Å²) in [7, 11) is 1.56. The third-order valence-electron chi connectivity index (χ3n) is 4.05. The highest BCUT2D eigenvalue weighted by Crippen LogP contribution is 2.47. The maximum Gasteiger partial charge on any atom is 0.333 e. The van der Waals surface area contributed by atoms with Crippen LogP contribution in [-0.2, 0) is 14.3 Å². The smallest absolute Gasteiger partial charge is 0.333 e. The molecule has 0 aromatic rings. The fraction of sp³-hybridized carbons (Fsp3) is 0.769. The number of hydrogen-bond acceptors (Lipinski definition) is 3. The summed E-state index contributed by atoms with van der Waals surface area (Å²) in [5, 5.41) is 0. The van der Waals surface area contributed by atoms with E-state index in [1.54, 1.807) is 20.1 Å². The number of esters is 1. The van der Waals surface area contributed by atoms with Crippen molar-refractivity contribution in [2.45, 2.75) is 48.6 Å². The predicted molar refractivity (Wildman–Crippen MR) is 73.9 cm³/mol. The van der Waals surface area contributed by atoms with Crippen molar-refractivity contribution in [3.8, 4) is 0 Å². The zero-order valence-corrected chi connectivity index (χ0v) is 13.2. The minimum atomic E-state index is -0.908. The van der Waals surface area contributed by atoms with Crippen molar-refractivity contribution >= 4 is 33.5 Å². The number of carbonyl (C=O) groups is 1. The van der Waals surface area contributed by atoms with E-state index in [-0.39, 0.29) is 21.6 Å². The Morgan fingerprint density at radius 1 is 1.56 bits per heavy atom. The third-order valence-corrected chi connectivity index (χ3v) is 6.15. The van der Waals surface area contributed by atoms with E-state index in [0.29, 0.717) is 0 Å². The van der Waals surface area contributed by atoms with Crippen LogP contribution in [0.3, 0.4) is 0 Å². The monoisotopic (exact) mass is 336 g/mol. The number of methoxy groups -OCH3 is 1. The van der Waals surface area contributed by atoms with Crippen LogP contribution in [0.1, 0.15) is 33.1 Å². The van der Waals surface area contributed by atoms with Gasteiger partial charge in [-0.15, -0.1) is 11.6 Å². The Kier molecular flexibility index (Phi) is 3.83. The first kappa shape index (κ1) is 14.4. The summed E-state index contributed by atoms with van der Waals surface area (Å²) in [5.74, 6) is -0.952. The summed E-state index contributed by atoms with van der Waals surface area (Å²) in [5.41, 5.74) is 0.937. The molecule has 18 heavy (non-hydrogen) atoms. The van der Waals surface area contributed by atoms with Crippen molar-refractivity contribution in [2.75, 3.05) is 7.11 Å². The van der Waals surface area contributed by atoms with Crippen LogP contribution >= 0.6 is 27.5 Å². The van der Waals surface area contributed by atoms with Gasteiger partial charge >= 0.3 is 5.97 Å². The van der Waals surface area contributed by atoms with Crippen molar-refractivity contribution in [2.24, 2.45) is 5.92 Å². The first-order valence-electron chi connectivity index (χ1n) is 6.11. The summed E-state index contributed by atoms with van der Waals surface area (Å²) in [6, 6.07) is 0. The molecule has 2 aliphatic rings. The van der Waals surface area contributed by atoms with E-state index in [4.69, 9.17) is 21.1 Å². The van der Waals surface area contributed by atoms with Gasteiger partial charge in [0.25, 0.3) is 0 Å². The van der Waals surface area contributed by atoms with E-state index in [9.17, 15) is 4.79 Å². The molecule has 3 nitrogen and oxygen atoms in total. The summed E-state index contributed by atoms with van der Waals surface area (Å²) in [4.78, 5) is 11.5. The second kappa shape index (κ2) is 4.80. The maximum absolute atomic E-state index is 11.5. The highest BCUT2D eigenvalue weighted by molar-refractivity contribution is 9.09. The van der Waals surface area contributed by atoms with Crippen LogP contribution in [-0.4, -0.2) is 28.6 Å². The molecule has 0 unspecified atom stereocenters. The molecule has 1 saturated carbocycles. The van der Waals surface area contributed by atoms with E-state index < -0.39 is 5.79 Å². The number of hydrogen-bond donors (Lipinski definition) is 0. The van der Waals surface area contributed by atoms with Crippen molar-refractivity contribution < 1.29 is 14.3 Å². The molecule has 5 heteroatoms. The minimum Gasteiger partial charge on any atom is -0.426 e. The largest absolute Gasteiger partial charge is 0.426 e. The van der Waals surface area contributed by atoms with E-state index >= 15 is 0 Å². The van der Waals surface area contributed by atoms with Crippen molar-refractivity contribution in [3.05, 3.63) is 11.6 Å². The average molecular weight is 338 g/mol. The topological polar surface area (TPSA) is 35.5 Å². The lowest BCUT2D eigenvalue weighted by Gasteiger charge is -2.40. The number of halogens is 2. The highest BCUT2D eigenvalue weighted by Gasteiger charge is 2.46. The van der Waals surface area contributed by atoms with Crippen LogP contribution in [0, 0.1) is 5.92 Å². The van der Waals surface area contributed by atoms with Crippen LogP contribution < -0.4 is 0 Å². The molecule has 0 radical (unpaired) electrons. The number of carbonyl (C=O) groups excluding carboxylic acids is 1. The minimum absolute atomic E-state index is 0.218. The second-order valence-corrected chi connectivity index (χ2v) is 7.36. The predicted octanol–water partition coefficient (Wildman–Crippen LogP) is 3.39. The first-order valence-corrected chi connectivity index (χ1v) is 7.41. The zero-order chi connectivity index (χ0) is 13.6. The molecular weight excluding hydrogens is 319 g/mol. The molecule has 1 aliphatic heterocycles. The van der Waals surface area contributed by atoms with E-state index in [1.807, 2.05) is 6.92 Å². The molecular formula is C13H18BrClO3. The molecule has 1 aliphatic carbocycles. The van der Waals surface area contributed by atoms with Crippen LogP contribution in [0.15, 0.2) is 11.6 Å². The lowest BCUT2D eigenvalue weighted by Crippen LogP contribution is -2.40. The normalized spacial score (nSPS) is 44.7. The van der Waals surface area contributed by atoms with Gasteiger partial charge in [-0.25, -0.2) is 4.79 Å². The van der Waals surface area contributed by atoms with E-state index in [1.165, 1.54) is 0 Å². The Morgan fingerprint density at radius 2 is 2.22 bits per heavy atom. The maximum atomic E-state index is 11.5. The third kappa shape index (κ3) is 2.47. The average Bonchev–Trinajstić information content (AvgIpc) is 2.59. The Balaban J connectivity index is 2.18. The molecule has 0 amide bonds.